The standard InChI is InChI=1S/C9H5BN4O/c10-15-7-2-5-11-6-14-8(7)9-12-3-1-4-13-9/h1-4,6H. The monoisotopic (exact) mass is 196 g/mol. The van der Waals surface area contributed by atoms with Crippen LogP contribution in [0.4, 0.5) is 0 Å². The molecule has 2 rings (SSSR count). The molecule has 0 N–H and O–H groups in total. The lowest BCUT2D eigenvalue weighted by Gasteiger charge is -2.04. The molecule has 0 aromatic carbocycles. The number of hydrogen-bond donors (Lipinski definition) is 0. The van der Waals surface area contributed by atoms with E-state index in [-0.39, 0.29) is 0 Å². The van der Waals surface area contributed by atoms with Gasteiger partial charge in [0.1, 0.15) is 12.1 Å². The SMILES string of the molecule is [B]OC1=C(c2ncccn2)N=CN=C=C1. The van der Waals surface area contributed by atoms with Crippen molar-refractivity contribution >= 4 is 26.0 Å². The molecule has 0 amide bonds. The van der Waals surface area contributed by atoms with Gasteiger partial charge in [-0.25, -0.2) is 15.0 Å². The van der Waals surface area contributed by atoms with Gasteiger partial charge in [0.15, 0.2) is 11.5 Å². The summed E-state index contributed by atoms with van der Waals surface area (Å²) in [7, 11) is 5.10. The quantitative estimate of drug-likeness (QED) is 0.647. The summed E-state index contributed by atoms with van der Waals surface area (Å²) in [6.45, 7) is 0. The molecular weight excluding hydrogens is 191 g/mol. The van der Waals surface area contributed by atoms with Gasteiger partial charge in [-0.2, -0.15) is 4.99 Å². The van der Waals surface area contributed by atoms with Gasteiger partial charge in [-0.05, 0) is 11.9 Å². The van der Waals surface area contributed by atoms with Gasteiger partial charge >= 0.3 is 8.05 Å². The second-order valence-electron chi connectivity index (χ2n) is 2.55. The normalized spacial score (nSPS) is 14.1. The van der Waals surface area contributed by atoms with Crippen molar-refractivity contribution in [2.45, 2.75) is 0 Å². The first-order chi connectivity index (χ1) is 7.42. The molecule has 2 radical (unpaired) electrons. The molecule has 0 spiro atoms. The van der Waals surface area contributed by atoms with Crippen LogP contribution in [0.15, 0.2) is 40.3 Å². The highest BCUT2D eigenvalue weighted by molar-refractivity contribution is 6.00. The number of aromatic nitrogens is 2. The van der Waals surface area contributed by atoms with Gasteiger partial charge in [0.05, 0.1) is 0 Å². The molecule has 2 heterocycles. The van der Waals surface area contributed by atoms with Crippen LogP contribution in [-0.4, -0.2) is 30.2 Å². The third-order valence-corrected chi connectivity index (χ3v) is 1.65. The van der Waals surface area contributed by atoms with Crippen LogP contribution in [0.3, 0.4) is 0 Å². The smallest absolute Gasteiger partial charge is 0.374 e. The van der Waals surface area contributed by atoms with Gasteiger partial charge < -0.3 is 4.65 Å². The minimum absolute atomic E-state index is 0.318. The average Bonchev–Trinajstić information content (AvgIpc) is 2.55. The predicted octanol–water partition coefficient (Wildman–Crippen LogP) is 0.513. The van der Waals surface area contributed by atoms with E-state index in [0.29, 0.717) is 17.3 Å². The molecule has 0 atom stereocenters. The molecule has 15 heavy (non-hydrogen) atoms. The Bertz CT molecular complexity index is 474. The van der Waals surface area contributed by atoms with E-state index in [1.54, 1.807) is 18.5 Å². The van der Waals surface area contributed by atoms with E-state index < -0.39 is 0 Å². The number of nitrogens with zero attached hydrogens (tertiary/aromatic N) is 4. The van der Waals surface area contributed by atoms with Crippen molar-refractivity contribution in [3.05, 3.63) is 36.1 Å². The van der Waals surface area contributed by atoms with Crippen molar-refractivity contribution in [3.63, 3.8) is 0 Å². The molecule has 0 unspecified atom stereocenters. The molecule has 1 aliphatic heterocycles. The molecule has 0 bridgehead atoms. The van der Waals surface area contributed by atoms with Crippen molar-refractivity contribution < 1.29 is 4.65 Å². The zero-order valence-corrected chi connectivity index (χ0v) is 7.66. The van der Waals surface area contributed by atoms with E-state index in [1.807, 2.05) is 0 Å². The van der Waals surface area contributed by atoms with E-state index >= 15 is 0 Å². The molecule has 0 fully saturated rings. The van der Waals surface area contributed by atoms with Crippen molar-refractivity contribution in [2.24, 2.45) is 9.98 Å². The third kappa shape index (κ3) is 2.00. The van der Waals surface area contributed by atoms with Crippen molar-refractivity contribution in [1.29, 1.82) is 0 Å². The van der Waals surface area contributed by atoms with Crippen LogP contribution in [0.5, 0.6) is 0 Å². The van der Waals surface area contributed by atoms with Crippen LogP contribution in [-0.2, 0) is 4.65 Å². The molecule has 1 aromatic heterocycles. The van der Waals surface area contributed by atoms with Gasteiger partial charge in [0.25, 0.3) is 0 Å². The van der Waals surface area contributed by atoms with Gasteiger partial charge in [-0.3, -0.25) is 0 Å². The summed E-state index contributed by atoms with van der Waals surface area (Å²) in [6, 6.07) is 1.71. The van der Waals surface area contributed by atoms with Crippen LogP contribution >= 0.6 is 0 Å². The first-order valence-electron chi connectivity index (χ1n) is 4.11. The maximum atomic E-state index is 5.10. The summed E-state index contributed by atoms with van der Waals surface area (Å²) in [5.74, 6) is 3.32. The number of aliphatic imine (C=N–C) groups is 2. The van der Waals surface area contributed by atoms with Crippen molar-refractivity contribution in [3.8, 4) is 0 Å². The zero-order valence-electron chi connectivity index (χ0n) is 7.66. The molecule has 5 nitrogen and oxygen atoms in total. The minimum atomic E-state index is 0.318. The first kappa shape index (κ1) is 9.36. The second kappa shape index (κ2) is 4.35. The zero-order chi connectivity index (χ0) is 10.5. The number of rotatable bonds is 2. The fourth-order valence-electron chi connectivity index (χ4n) is 1.03. The Morgan fingerprint density at radius 1 is 1.27 bits per heavy atom. The molecule has 6 heteroatoms. The summed E-state index contributed by atoms with van der Waals surface area (Å²) in [5.41, 5.74) is 0.423. The Hall–Kier alpha value is -2.20. The van der Waals surface area contributed by atoms with E-state index in [0.717, 1.165) is 0 Å². The molecular formula is C9H5BN4O. The highest BCUT2D eigenvalue weighted by Gasteiger charge is 2.09. The van der Waals surface area contributed by atoms with Crippen molar-refractivity contribution in [1.82, 2.24) is 9.97 Å². The Balaban J connectivity index is 2.52. The van der Waals surface area contributed by atoms with Crippen LogP contribution in [0, 0.1) is 0 Å². The van der Waals surface area contributed by atoms with Gasteiger partial charge in [0.2, 0.25) is 0 Å². The number of hydrogen-bond acceptors (Lipinski definition) is 5. The molecule has 1 aliphatic rings. The van der Waals surface area contributed by atoms with Crippen LogP contribution < -0.4 is 0 Å². The van der Waals surface area contributed by atoms with E-state index in [4.69, 9.17) is 8.05 Å². The summed E-state index contributed by atoms with van der Waals surface area (Å²) < 4.78 is 4.65. The lowest BCUT2D eigenvalue weighted by molar-refractivity contribution is 0.495. The first-order valence-corrected chi connectivity index (χ1v) is 4.11. The van der Waals surface area contributed by atoms with E-state index in [9.17, 15) is 0 Å². The Morgan fingerprint density at radius 3 is 2.80 bits per heavy atom. The lowest BCUT2D eigenvalue weighted by atomic mass is 10.3. The summed E-state index contributed by atoms with van der Waals surface area (Å²) in [5, 5.41) is 0. The molecule has 0 saturated heterocycles. The highest BCUT2D eigenvalue weighted by atomic mass is 16.4. The molecule has 70 valence electrons. The third-order valence-electron chi connectivity index (χ3n) is 1.65. The average molecular weight is 196 g/mol. The van der Waals surface area contributed by atoms with E-state index in [1.165, 1.54) is 12.4 Å². The second-order valence-corrected chi connectivity index (χ2v) is 2.55. The van der Waals surface area contributed by atoms with Crippen LogP contribution in [0.1, 0.15) is 5.82 Å². The molecule has 0 saturated carbocycles. The number of allylic oxidation sites excluding steroid dienone is 1. The van der Waals surface area contributed by atoms with Gasteiger partial charge in [-0.1, -0.05) is 0 Å². The summed E-state index contributed by atoms with van der Waals surface area (Å²) in [6.07, 6.45) is 6.01. The van der Waals surface area contributed by atoms with Crippen LogP contribution in [0.25, 0.3) is 5.70 Å². The van der Waals surface area contributed by atoms with Crippen molar-refractivity contribution in [2.75, 3.05) is 0 Å². The highest BCUT2D eigenvalue weighted by Crippen LogP contribution is 2.17. The maximum absolute atomic E-state index is 5.10. The van der Waals surface area contributed by atoms with Crippen LogP contribution in [0.2, 0.25) is 0 Å². The lowest BCUT2D eigenvalue weighted by Crippen LogP contribution is -1.96. The topological polar surface area (TPSA) is 59.7 Å². The van der Waals surface area contributed by atoms with Gasteiger partial charge in [0, 0.05) is 18.5 Å². The largest absolute Gasteiger partial charge is 0.566 e. The molecule has 0 aliphatic carbocycles. The summed E-state index contributed by atoms with van der Waals surface area (Å²) in [4.78, 5) is 15.8. The summed E-state index contributed by atoms with van der Waals surface area (Å²) >= 11 is 0. The predicted molar refractivity (Wildman–Crippen MR) is 56.3 cm³/mol. The maximum Gasteiger partial charge on any atom is 0.374 e. The van der Waals surface area contributed by atoms with E-state index in [2.05, 4.69) is 30.5 Å². The fraction of sp³-hybridized carbons (Fsp3) is 0. The Kier molecular flexibility index (Phi) is 2.71. The van der Waals surface area contributed by atoms with Gasteiger partial charge in [-0.15, -0.1) is 0 Å². The minimum Gasteiger partial charge on any atom is -0.566 e. The molecule has 1 aromatic rings. The Morgan fingerprint density at radius 2 is 2.07 bits per heavy atom. The Labute approximate surface area is 87.4 Å². The fourth-order valence-corrected chi connectivity index (χ4v) is 1.03.